The Labute approximate surface area is 73.4 Å². The summed E-state index contributed by atoms with van der Waals surface area (Å²) in [5.74, 6) is 0. The summed E-state index contributed by atoms with van der Waals surface area (Å²) in [6.07, 6.45) is -4.33. The van der Waals surface area contributed by atoms with E-state index >= 15 is 0 Å². The number of benzene rings is 1. The Morgan fingerprint density at radius 3 is 2.31 bits per heavy atom. The average Bonchev–Trinajstić information content (AvgIpc) is 2.02. The maximum Gasteiger partial charge on any atom is 0.416 e. The molecule has 0 heterocycles. The van der Waals surface area contributed by atoms with Crippen LogP contribution in [0.3, 0.4) is 0 Å². The molecule has 1 aromatic carbocycles. The molecule has 0 fully saturated rings. The lowest BCUT2D eigenvalue weighted by molar-refractivity contribution is -0.137. The number of alkyl halides is 3. The van der Waals surface area contributed by atoms with E-state index in [0.717, 1.165) is 12.1 Å². The predicted octanol–water partition coefficient (Wildman–Crippen LogP) is 2.89. The number of nitrogens with zero attached hydrogens (tertiary/aromatic N) is 1. The van der Waals surface area contributed by atoms with Crippen LogP contribution in [0.1, 0.15) is 16.7 Å². The van der Waals surface area contributed by atoms with Crippen molar-refractivity contribution in [1.29, 1.82) is 5.26 Å². The molecule has 0 amide bonds. The first-order valence-electron chi connectivity index (χ1n) is 3.53. The lowest BCUT2D eigenvalue weighted by Gasteiger charge is -2.07. The number of halogens is 3. The molecule has 4 heteroatoms. The molecular weight excluding hydrogens is 179 g/mol. The van der Waals surface area contributed by atoms with Crippen molar-refractivity contribution in [2.24, 2.45) is 0 Å². The Morgan fingerprint density at radius 2 is 1.92 bits per heavy atom. The molecule has 0 atom stereocenters. The summed E-state index contributed by atoms with van der Waals surface area (Å²) in [6, 6.07) is 4.86. The zero-order valence-corrected chi connectivity index (χ0v) is 6.81. The number of aryl methyl sites for hydroxylation is 1. The second-order valence-corrected chi connectivity index (χ2v) is 2.64. The van der Waals surface area contributed by atoms with Crippen molar-refractivity contribution < 1.29 is 13.2 Å². The third-order valence-corrected chi connectivity index (χ3v) is 1.67. The molecule has 68 valence electrons. The molecule has 0 spiro atoms. The summed E-state index contributed by atoms with van der Waals surface area (Å²) >= 11 is 0. The fraction of sp³-hybridized carbons (Fsp3) is 0.222. The number of nitriles is 1. The molecule has 1 nitrogen and oxygen atoms in total. The SMILES string of the molecule is Cc1cc(C(F)(F)F)ccc1C#N. The third kappa shape index (κ3) is 2.00. The molecule has 0 unspecified atom stereocenters. The van der Waals surface area contributed by atoms with Gasteiger partial charge < -0.3 is 0 Å². The van der Waals surface area contributed by atoms with Gasteiger partial charge in [-0.25, -0.2) is 0 Å². The Hall–Kier alpha value is -1.50. The van der Waals surface area contributed by atoms with Gasteiger partial charge in [-0.15, -0.1) is 0 Å². The summed E-state index contributed by atoms with van der Waals surface area (Å²) in [4.78, 5) is 0. The minimum atomic E-state index is -4.33. The van der Waals surface area contributed by atoms with Gasteiger partial charge in [0.05, 0.1) is 17.2 Å². The number of hydrogen-bond acceptors (Lipinski definition) is 1. The van der Waals surface area contributed by atoms with Gasteiger partial charge in [0.25, 0.3) is 0 Å². The van der Waals surface area contributed by atoms with E-state index in [9.17, 15) is 13.2 Å². The number of hydrogen-bond donors (Lipinski definition) is 0. The van der Waals surface area contributed by atoms with Gasteiger partial charge in [-0.1, -0.05) is 0 Å². The van der Waals surface area contributed by atoms with Crippen molar-refractivity contribution >= 4 is 0 Å². The van der Waals surface area contributed by atoms with E-state index < -0.39 is 11.7 Å². The van der Waals surface area contributed by atoms with Gasteiger partial charge in [0.2, 0.25) is 0 Å². The second kappa shape index (κ2) is 3.09. The first-order valence-corrected chi connectivity index (χ1v) is 3.53. The standard InChI is InChI=1S/C9H6F3N/c1-6-4-8(9(10,11)12)3-2-7(6)5-13/h2-4H,1H3. The fourth-order valence-electron chi connectivity index (χ4n) is 0.965. The van der Waals surface area contributed by atoms with Crippen LogP contribution in [0.2, 0.25) is 0 Å². The Morgan fingerprint density at radius 1 is 1.31 bits per heavy atom. The van der Waals surface area contributed by atoms with Crippen LogP contribution < -0.4 is 0 Å². The summed E-state index contributed by atoms with van der Waals surface area (Å²) in [5, 5.41) is 8.48. The average molecular weight is 185 g/mol. The molecule has 13 heavy (non-hydrogen) atoms. The highest BCUT2D eigenvalue weighted by atomic mass is 19.4. The van der Waals surface area contributed by atoms with Gasteiger partial charge >= 0.3 is 6.18 Å². The monoisotopic (exact) mass is 185 g/mol. The Kier molecular flexibility index (Phi) is 2.28. The first kappa shape index (κ1) is 9.59. The maximum atomic E-state index is 12.1. The minimum absolute atomic E-state index is 0.271. The molecule has 1 rings (SSSR count). The second-order valence-electron chi connectivity index (χ2n) is 2.64. The van der Waals surface area contributed by atoms with E-state index in [0.29, 0.717) is 5.56 Å². The van der Waals surface area contributed by atoms with Crippen LogP contribution in [0, 0.1) is 18.3 Å². The summed E-state index contributed by atoms with van der Waals surface area (Å²) in [6.45, 7) is 1.48. The largest absolute Gasteiger partial charge is 0.416 e. The molecule has 0 aliphatic rings. The quantitative estimate of drug-likeness (QED) is 0.609. The number of rotatable bonds is 0. The van der Waals surface area contributed by atoms with Crippen LogP contribution in [0.15, 0.2) is 18.2 Å². The highest BCUT2D eigenvalue weighted by Gasteiger charge is 2.30. The van der Waals surface area contributed by atoms with Crippen molar-refractivity contribution in [3.8, 4) is 6.07 Å². The smallest absolute Gasteiger partial charge is 0.192 e. The molecule has 1 aromatic rings. The first-order chi connectivity index (χ1) is 5.95. The van der Waals surface area contributed by atoms with Crippen LogP contribution in [0.25, 0.3) is 0 Å². The van der Waals surface area contributed by atoms with E-state index in [4.69, 9.17) is 5.26 Å². The van der Waals surface area contributed by atoms with Crippen LogP contribution in [-0.4, -0.2) is 0 Å². The van der Waals surface area contributed by atoms with Gasteiger partial charge in [-0.2, -0.15) is 18.4 Å². The Bertz CT molecular complexity index is 360. The van der Waals surface area contributed by atoms with Gasteiger partial charge in [-0.3, -0.25) is 0 Å². The zero-order chi connectivity index (χ0) is 10.1. The lowest BCUT2D eigenvalue weighted by Crippen LogP contribution is -2.05. The summed E-state index contributed by atoms with van der Waals surface area (Å²) < 4.78 is 36.4. The molecule has 0 aromatic heterocycles. The normalized spacial score (nSPS) is 11.0. The van der Waals surface area contributed by atoms with Crippen LogP contribution in [0.5, 0.6) is 0 Å². The van der Waals surface area contributed by atoms with Crippen molar-refractivity contribution in [2.75, 3.05) is 0 Å². The molecular formula is C9H6F3N. The lowest BCUT2D eigenvalue weighted by atomic mass is 10.1. The van der Waals surface area contributed by atoms with Crippen LogP contribution in [-0.2, 0) is 6.18 Å². The van der Waals surface area contributed by atoms with Gasteiger partial charge in [-0.05, 0) is 30.7 Å². The molecule has 0 radical (unpaired) electrons. The van der Waals surface area contributed by atoms with Gasteiger partial charge in [0.1, 0.15) is 0 Å². The molecule has 0 aliphatic heterocycles. The maximum absolute atomic E-state index is 12.1. The van der Waals surface area contributed by atoms with E-state index in [1.165, 1.54) is 13.0 Å². The topological polar surface area (TPSA) is 23.8 Å². The van der Waals surface area contributed by atoms with Crippen LogP contribution in [0.4, 0.5) is 13.2 Å². The van der Waals surface area contributed by atoms with E-state index in [-0.39, 0.29) is 5.56 Å². The molecule has 0 bridgehead atoms. The van der Waals surface area contributed by atoms with E-state index in [1.807, 2.05) is 0 Å². The predicted molar refractivity (Wildman–Crippen MR) is 40.9 cm³/mol. The summed E-state index contributed by atoms with van der Waals surface area (Å²) in [7, 11) is 0. The molecule has 0 aliphatic carbocycles. The molecule has 0 saturated heterocycles. The van der Waals surface area contributed by atoms with Crippen molar-refractivity contribution in [1.82, 2.24) is 0 Å². The van der Waals surface area contributed by atoms with Crippen molar-refractivity contribution in [3.63, 3.8) is 0 Å². The highest BCUT2D eigenvalue weighted by Crippen LogP contribution is 2.30. The van der Waals surface area contributed by atoms with Gasteiger partial charge in [0.15, 0.2) is 0 Å². The zero-order valence-electron chi connectivity index (χ0n) is 6.81. The minimum Gasteiger partial charge on any atom is -0.192 e. The third-order valence-electron chi connectivity index (χ3n) is 1.67. The van der Waals surface area contributed by atoms with Gasteiger partial charge in [0, 0.05) is 0 Å². The molecule has 0 saturated carbocycles. The van der Waals surface area contributed by atoms with E-state index in [2.05, 4.69) is 0 Å². The van der Waals surface area contributed by atoms with Crippen LogP contribution >= 0.6 is 0 Å². The highest BCUT2D eigenvalue weighted by molar-refractivity contribution is 5.40. The Balaban J connectivity index is 3.20. The van der Waals surface area contributed by atoms with E-state index in [1.54, 1.807) is 6.07 Å². The summed E-state index contributed by atoms with van der Waals surface area (Å²) in [5.41, 5.74) is -0.102. The fourth-order valence-corrected chi connectivity index (χ4v) is 0.965. The molecule has 0 N–H and O–H groups in total. The van der Waals surface area contributed by atoms with Crippen molar-refractivity contribution in [3.05, 3.63) is 34.9 Å². The van der Waals surface area contributed by atoms with Crippen molar-refractivity contribution in [2.45, 2.75) is 13.1 Å².